The third-order valence-electron chi connectivity index (χ3n) is 6.42. The zero-order chi connectivity index (χ0) is 30.6. The molecule has 5 aromatic rings. The van der Waals surface area contributed by atoms with Crippen molar-refractivity contribution in [2.75, 3.05) is 14.2 Å². The maximum absolute atomic E-state index is 13.2. The lowest BCUT2D eigenvalue weighted by Crippen LogP contribution is -2.29. The van der Waals surface area contributed by atoms with Crippen LogP contribution in [0.1, 0.15) is 39.5 Å². The molecule has 0 fully saturated rings. The normalized spacial score (nSPS) is 16.2. The number of thiophene rings is 2. The zero-order valence-corrected chi connectivity index (χ0v) is 26.2. The fourth-order valence-corrected chi connectivity index (χ4v) is 6.47. The van der Waals surface area contributed by atoms with E-state index in [9.17, 15) is 14.7 Å². The lowest BCUT2D eigenvalue weighted by Gasteiger charge is -2.25. The SMILES string of the molecule is COc1ccc(C=O)s1.COc1ccc(CC2=C(c3ccc4nsnc4c3)C(=O)OC2(O)c2ccc(OC(C)C)cc2)s1. The third-order valence-corrected chi connectivity index (χ3v) is 9.00. The summed E-state index contributed by atoms with van der Waals surface area (Å²) < 4.78 is 30.1. The molecule has 3 aromatic heterocycles. The van der Waals surface area contributed by atoms with E-state index < -0.39 is 11.8 Å². The predicted octanol–water partition coefficient (Wildman–Crippen LogP) is 6.52. The highest BCUT2D eigenvalue weighted by atomic mass is 32.1. The molecule has 2 aromatic carbocycles. The van der Waals surface area contributed by atoms with Crippen molar-refractivity contribution < 1.29 is 33.6 Å². The summed E-state index contributed by atoms with van der Waals surface area (Å²) in [5.41, 5.74) is 3.29. The van der Waals surface area contributed by atoms with E-state index in [2.05, 4.69) is 8.75 Å². The fourth-order valence-electron chi connectivity index (χ4n) is 4.49. The molecule has 0 saturated carbocycles. The van der Waals surface area contributed by atoms with E-state index in [4.69, 9.17) is 18.9 Å². The smallest absolute Gasteiger partial charge is 0.342 e. The van der Waals surface area contributed by atoms with Crippen molar-refractivity contribution in [2.45, 2.75) is 32.2 Å². The fraction of sp³-hybridized carbons (Fsp3) is 0.226. The van der Waals surface area contributed by atoms with E-state index >= 15 is 0 Å². The Balaban J connectivity index is 0.000000351. The number of aldehydes is 1. The highest BCUT2D eigenvalue weighted by Crippen LogP contribution is 2.46. The first-order valence-corrected chi connectivity index (χ1v) is 15.5. The summed E-state index contributed by atoms with van der Waals surface area (Å²) in [6.45, 7) is 3.88. The summed E-state index contributed by atoms with van der Waals surface area (Å²) in [4.78, 5) is 24.9. The maximum Gasteiger partial charge on any atom is 0.342 e. The molecular weight excluding hydrogens is 609 g/mol. The summed E-state index contributed by atoms with van der Waals surface area (Å²) in [6, 6.07) is 19.7. The number of carbonyl (C=O) groups excluding carboxylic acids is 2. The Bertz CT molecular complexity index is 1770. The lowest BCUT2D eigenvalue weighted by atomic mass is 9.89. The van der Waals surface area contributed by atoms with Crippen LogP contribution < -0.4 is 14.2 Å². The molecule has 1 N–H and O–H groups in total. The van der Waals surface area contributed by atoms with Crippen molar-refractivity contribution in [1.82, 2.24) is 8.75 Å². The minimum Gasteiger partial charge on any atom is -0.491 e. The summed E-state index contributed by atoms with van der Waals surface area (Å²) in [5.74, 6) is -1.84. The van der Waals surface area contributed by atoms with Crippen molar-refractivity contribution in [3.8, 4) is 15.9 Å². The first-order valence-electron chi connectivity index (χ1n) is 13.1. The molecule has 0 spiro atoms. The lowest BCUT2D eigenvalue weighted by molar-refractivity contribution is -0.185. The molecule has 43 heavy (non-hydrogen) atoms. The van der Waals surface area contributed by atoms with Crippen LogP contribution in [0.2, 0.25) is 0 Å². The van der Waals surface area contributed by atoms with Crippen LogP contribution in [0.5, 0.6) is 15.9 Å². The number of methoxy groups -OCH3 is 2. The van der Waals surface area contributed by atoms with Crippen LogP contribution in [0.4, 0.5) is 0 Å². The molecule has 1 aliphatic heterocycles. The topological polar surface area (TPSA) is 117 Å². The number of rotatable bonds is 9. The van der Waals surface area contributed by atoms with Crippen LogP contribution in [-0.4, -0.2) is 46.4 Å². The van der Waals surface area contributed by atoms with Gasteiger partial charge >= 0.3 is 5.97 Å². The summed E-state index contributed by atoms with van der Waals surface area (Å²) in [7, 11) is 3.19. The Labute approximate surface area is 260 Å². The Morgan fingerprint density at radius 1 is 0.930 bits per heavy atom. The second kappa shape index (κ2) is 13.0. The molecule has 4 heterocycles. The average molecular weight is 637 g/mol. The van der Waals surface area contributed by atoms with E-state index in [1.54, 1.807) is 62.8 Å². The van der Waals surface area contributed by atoms with Gasteiger partial charge in [-0.05, 0) is 80.1 Å². The van der Waals surface area contributed by atoms with Gasteiger partial charge in [0.25, 0.3) is 5.79 Å². The third kappa shape index (κ3) is 6.62. The Morgan fingerprint density at radius 2 is 1.63 bits per heavy atom. The first-order chi connectivity index (χ1) is 20.7. The van der Waals surface area contributed by atoms with Crippen molar-refractivity contribution in [1.29, 1.82) is 0 Å². The number of cyclic esters (lactones) is 1. The molecule has 0 radical (unpaired) electrons. The minimum atomic E-state index is -1.92. The van der Waals surface area contributed by atoms with E-state index in [0.717, 1.165) is 38.5 Å². The molecule has 0 amide bonds. The number of hydrogen-bond acceptors (Lipinski definition) is 12. The van der Waals surface area contributed by atoms with E-state index in [-0.39, 0.29) is 6.10 Å². The van der Waals surface area contributed by atoms with Gasteiger partial charge in [0.2, 0.25) is 0 Å². The molecule has 6 rings (SSSR count). The van der Waals surface area contributed by atoms with Crippen LogP contribution in [0, 0.1) is 0 Å². The summed E-state index contributed by atoms with van der Waals surface area (Å²) >= 11 is 3.90. The van der Waals surface area contributed by atoms with E-state index in [1.165, 1.54) is 22.7 Å². The van der Waals surface area contributed by atoms with E-state index in [0.29, 0.717) is 44.8 Å². The highest BCUT2D eigenvalue weighted by Gasteiger charge is 2.48. The number of ether oxygens (including phenoxy) is 4. The van der Waals surface area contributed by atoms with Crippen molar-refractivity contribution in [3.05, 3.63) is 93.2 Å². The van der Waals surface area contributed by atoms with Crippen LogP contribution in [-0.2, 0) is 21.7 Å². The summed E-state index contributed by atoms with van der Waals surface area (Å²) in [5, 5.41) is 13.3. The van der Waals surface area contributed by atoms with Crippen LogP contribution in [0.3, 0.4) is 0 Å². The molecule has 1 unspecified atom stereocenters. The largest absolute Gasteiger partial charge is 0.491 e. The molecule has 1 aliphatic rings. The Hall–Kier alpha value is -4.10. The quantitative estimate of drug-likeness (QED) is 0.143. The van der Waals surface area contributed by atoms with Gasteiger partial charge in [0, 0.05) is 22.4 Å². The first kappa shape index (κ1) is 30.4. The van der Waals surface area contributed by atoms with Gasteiger partial charge in [0.15, 0.2) is 16.4 Å². The van der Waals surface area contributed by atoms with Gasteiger partial charge in [-0.15, -0.1) is 11.3 Å². The predicted molar refractivity (Wildman–Crippen MR) is 167 cm³/mol. The maximum atomic E-state index is 13.2. The number of nitrogens with zero attached hydrogens (tertiary/aromatic N) is 2. The van der Waals surface area contributed by atoms with Gasteiger partial charge in [-0.25, -0.2) is 4.79 Å². The number of esters is 1. The highest BCUT2D eigenvalue weighted by molar-refractivity contribution is 7.15. The van der Waals surface area contributed by atoms with Gasteiger partial charge in [-0.2, -0.15) is 8.75 Å². The average Bonchev–Trinajstić information content (AvgIpc) is 3.80. The Kier molecular flexibility index (Phi) is 9.21. The molecule has 222 valence electrons. The number of aliphatic hydroxyl groups is 1. The standard InChI is InChI=1S/C25H22N2O5S2.C6H6O2S/c1-14(2)31-17-7-5-16(6-8-17)25(29)19(13-18-9-11-22(30-3)33-18)23(24(28)32-25)15-4-10-20-21(12-15)27-34-26-20;1-8-6-3-2-5(4-7)9-6/h4-12,14,29H,13H2,1-3H3;2-4H,1H3. The minimum absolute atomic E-state index is 0.0178. The molecule has 1 atom stereocenters. The number of hydrogen-bond donors (Lipinski definition) is 1. The van der Waals surface area contributed by atoms with Crippen LogP contribution in [0.25, 0.3) is 16.6 Å². The van der Waals surface area contributed by atoms with Crippen LogP contribution in [0.15, 0.2) is 72.3 Å². The molecule has 9 nitrogen and oxygen atoms in total. The Morgan fingerprint density at radius 3 is 2.26 bits per heavy atom. The summed E-state index contributed by atoms with van der Waals surface area (Å²) in [6.07, 6.45) is 1.14. The van der Waals surface area contributed by atoms with E-state index in [1.807, 2.05) is 32.0 Å². The van der Waals surface area contributed by atoms with Crippen molar-refractivity contribution in [2.24, 2.45) is 0 Å². The van der Waals surface area contributed by atoms with Gasteiger partial charge < -0.3 is 24.1 Å². The van der Waals surface area contributed by atoms with Crippen molar-refractivity contribution in [3.63, 3.8) is 0 Å². The van der Waals surface area contributed by atoms with Gasteiger partial charge in [-0.3, -0.25) is 4.79 Å². The number of fused-ring (bicyclic) bond motifs is 1. The molecular formula is C31H28N2O7S3. The number of carbonyl (C=O) groups is 2. The van der Waals surface area contributed by atoms with Crippen LogP contribution >= 0.6 is 34.4 Å². The van der Waals surface area contributed by atoms with Gasteiger partial charge in [0.05, 0.1) is 42.5 Å². The molecule has 12 heteroatoms. The molecule has 0 aliphatic carbocycles. The number of benzene rings is 2. The molecule has 0 bridgehead atoms. The molecule has 0 saturated heterocycles. The zero-order valence-electron chi connectivity index (χ0n) is 23.7. The second-order valence-corrected chi connectivity index (χ2v) is 12.4. The van der Waals surface area contributed by atoms with Gasteiger partial charge in [-0.1, -0.05) is 17.4 Å². The second-order valence-electron chi connectivity index (χ2n) is 9.63. The van der Waals surface area contributed by atoms with Crippen molar-refractivity contribution >= 4 is 63.3 Å². The number of aromatic nitrogens is 2. The monoisotopic (exact) mass is 636 g/mol. The van der Waals surface area contributed by atoms with Gasteiger partial charge in [0.1, 0.15) is 16.8 Å².